The predicted octanol–water partition coefficient (Wildman–Crippen LogP) is 3.86. The topological polar surface area (TPSA) is 0 Å². The number of hydrogen-bond acceptors (Lipinski definition) is 0. The molecule has 0 aromatic heterocycles. The van der Waals surface area contributed by atoms with E-state index in [9.17, 15) is 0 Å². The highest BCUT2D eigenvalue weighted by Gasteiger charge is 2.15. The smallest absolute Gasteiger partial charge is 0.0225 e. The van der Waals surface area contributed by atoms with Crippen molar-refractivity contribution in [2.45, 2.75) is 52.9 Å². The van der Waals surface area contributed by atoms with Crippen molar-refractivity contribution in [3.8, 4) is 12.3 Å². The van der Waals surface area contributed by atoms with Crippen molar-refractivity contribution in [1.82, 2.24) is 0 Å². The van der Waals surface area contributed by atoms with E-state index in [4.69, 9.17) is 6.42 Å². The normalized spacial score (nSPS) is 12.9. The molecule has 70 valence electrons. The van der Waals surface area contributed by atoms with Gasteiger partial charge >= 0.3 is 0 Å². The second-order valence-corrected chi connectivity index (χ2v) is 3.52. The van der Waals surface area contributed by atoms with Gasteiger partial charge in [-0.2, -0.15) is 0 Å². The van der Waals surface area contributed by atoms with E-state index in [2.05, 4.69) is 26.7 Å². The third kappa shape index (κ3) is 3.81. The summed E-state index contributed by atoms with van der Waals surface area (Å²) in [4.78, 5) is 0. The molecule has 0 rings (SSSR count). The molecule has 0 aromatic carbocycles. The largest absolute Gasteiger partial charge is 0.120 e. The molecule has 0 heterocycles. The maximum absolute atomic E-state index is 5.49. The van der Waals surface area contributed by atoms with Crippen LogP contribution in [0.1, 0.15) is 52.9 Å². The minimum atomic E-state index is 0.518. The SMILES string of the molecule is C#CC(CC)C(CCC)CCC. The Bertz CT molecular complexity index is 123. The van der Waals surface area contributed by atoms with Gasteiger partial charge in [0.2, 0.25) is 0 Å². The van der Waals surface area contributed by atoms with Gasteiger partial charge in [0.15, 0.2) is 0 Å². The van der Waals surface area contributed by atoms with E-state index in [0.29, 0.717) is 5.92 Å². The van der Waals surface area contributed by atoms with Crippen molar-refractivity contribution >= 4 is 0 Å². The van der Waals surface area contributed by atoms with Gasteiger partial charge < -0.3 is 0 Å². The van der Waals surface area contributed by atoms with Crippen LogP contribution in [-0.4, -0.2) is 0 Å². The van der Waals surface area contributed by atoms with E-state index in [-0.39, 0.29) is 0 Å². The van der Waals surface area contributed by atoms with E-state index in [1.807, 2.05) is 0 Å². The van der Waals surface area contributed by atoms with Crippen molar-refractivity contribution in [2.75, 3.05) is 0 Å². The zero-order valence-corrected chi connectivity index (χ0v) is 8.77. The van der Waals surface area contributed by atoms with Crippen molar-refractivity contribution in [3.05, 3.63) is 0 Å². The highest BCUT2D eigenvalue weighted by molar-refractivity contribution is 4.95. The molecule has 1 atom stereocenters. The Morgan fingerprint density at radius 3 is 1.83 bits per heavy atom. The Balaban J connectivity index is 3.97. The minimum Gasteiger partial charge on any atom is -0.120 e. The van der Waals surface area contributed by atoms with E-state index < -0.39 is 0 Å². The molecule has 0 N–H and O–H groups in total. The number of hydrogen-bond donors (Lipinski definition) is 0. The molecule has 0 aliphatic carbocycles. The molecular weight excluding hydrogens is 144 g/mol. The van der Waals surface area contributed by atoms with Crippen molar-refractivity contribution in [1.29, 1.82) is 0 Å². The first-order valence-electron chi connectivity index (χ1n) is 5.26. The molecule has 0 aliphatic heterocycles. The lowest BCUT2D eigenvalue weighted by Crippen LogP contribution is -2.12. The van der Waals surface area contributed by atoms with E-state index in [0.717, 1.165) is 12.3 Å². The van der Waals surface area contributed by atoms with Crippen LogP contribution in [0.2, 0.25) is 0 Å². The van der Waals surface area contributed by atoms with Crippen LogP contribution >= 0.6 is 0 Å². The van der Waals surface area contributed by atoms with Crippen LogP contribution in [0.15, 0.2) is 0 Å². The number of terminal acetylenes is 1. The van der Waals surface area contributed by atoms with Gasteiger partial charge in [-0.25, -0.2) is 0 Å². The van der Waals surface area contributed by atoms with Crippen LogP contribution in [0.5, 0.6) is 0 Å². The first kappa shape index (κ1) is 11.6. The average Bonchev–Trinajstić information content (AvgIpc) is 2.07. The van der Waals surface area contributed by atoms with Gasteiger partial charge in [0.05, 0.1) is 0 Å². The van der Waals surface area contributed by atoms with E-state index >= 15 is 0 Å². The minimum absolute atomic E-state index is 0.518. The summed E-state index contributed by atoms with van der Waals surface area (Å²) in [6.07, 6.45) is 11.8. The zero-order valence-electron chi connectivity index (χ0n) is 8.77. The third-order valence-corrected chi connectivity index (χ3v) is 2.54. The van der Waals surface area contributed by atoms with Gasteiger partial charge in [0.1, 0.15) is 0 Å². The molecule has 0 amide bonds. The van der Waals surface area contributed by atoms with Crippen molar-refractivity contribution in [2.24, 2.45) is 11.8 Å². The van der Waals surface area contributed by atoms with Crippen LogP contribution in [0.4, 0.5) is 0 Å². The fraction of sp³-hybridized carbons (Fsp3) is 0.833. The molecule has 1 unspecified atom stereocenters. The fourth-order valence-electron chi connectivity index (χ4n) is 1.88. The van der Waals surface area contributed by atoms with Crippen LogP contribution in [-0.2, 0) is 0 Å². The molecular formula is C12H22. The molecule has 0 saturated heterocycles. The van der Waals surface area contributed by atoms with Crippen LogP contribution in [0, 0.1) is 24.2 Å². The lowest BCUT2D eigenvalue weighted by atomic mass is 9.84. The van der Waals surface area contributed by atoms with Gasteiger partial charge in [-0.15, -0.1) is 12.3 Å². The highest BCUT2D eigenvalue weighted by Crippen LogP contribution is 2.24. The van der Waals surface area contributed by atoms with Crippen LogP contribution < -0.4 is 0 Å². The first-order valence-corrected chi connectivity index (χ1v) is 5.26. The molecule has 0 spiro atoms. The summed E-state index contributed by atoms with van der Waals surface area (Å²) in [6.45, 7) is 6.68. The third-order valence-electron chi connectivity index (χ3n) is 2.54. The molecule has 12 heavy (non-hydrogen) atoms. The summed E-state index contributed by atoms with van der Waals surface area (Å²) in [7, 11) is 0. The Labute approximate surface area is 77.8 Å². The van der Waals surface area contributed by atoms with Crippen LogP contribution in [0.3, 0.4) is 0 Å². The maximum Gasteiger partial charge on any atom is 0.0225 e. The summed E-state index contributed by atoms with van der Waals surface area (Å²) in [5.41, 5.74) is 0. The number of rotatable bonds is 6. The fourth-order valence-corrected chi connectivity index (χ4v) is 1.88. The van der Waals surface area contributed by atoms with Gasteiger partial charge in [-0.3, -0.25) is 0 Å². The zero-order chi connectivity index (χ0) is 9.40. The maximum atomic E-state index is 5.49. The van der Waals surface area contributed by atoms with Crippen molar-refractivity contribution in [3.63, 3.8) is 0 Å². The molecule has 0 aliphatic rings. The van der Waals surface area contributed by atoms with Gasteiger partial charge in [0, 0.05) is 5.92 Å². The summed E-state index contributed by atoms with van der Waals surface area (Å²) in [6, 6.07) is 0. The molecule has 0 bridgehead atoms. The predicted molar refractivity (Wildman–Crippen MR) is 55.9 cm³/mol. The average molecular weight is 166 g/mol. The molecule has 0 saturated carbocycles. The second kappa shape index (κ2) is 7.22. The summed E-state index contributed by atoms with van der Waals surface area (Å²) in [5.74, 6) is 4.21. The molecule has 0 nitrogen and oxygen atoms in total. The quantitative estimate of drug-likeness (QED) is 0.526. The van der Waals surface area contributed by atoms with E-state index in [1.54, 1.807) is 0 Å². The summed E-state index contributed by atoms with van der Waals surface area (Å²) < 4.78 is 0. The highest BCUT2D eigenvalue weighted by atomic mass is 14.2. The Kier molecular flexibility index (Phi) is 6.96. The van der Waals surface area contributed by atoms with Gasteiger partial charge in [-0.05, 0) is 25.2 Å². The Hall–Kier alpha value is -0.440. The lowest BCUT2D eigenvalue weighted by Gasteiger charge is -2.20. The monoisotopic (exact) mass is 166 g/mol. The molecule has 0 fully saturated rings. The molecule has 0 radical (unpaired) electrons. The van der Waals surface area contributed by atoms with E-state index in [1.165, 1.54) is 25.7 Å². The first-order chi connectivity index (χ1) is 5.79. The molecule has 0 aromatic rings. The standard InChI is InChI=1S/C12H22/c1-5-9-12(10-6-2)11(7-3)8-4/h3,11-12H,5-6,8-10H2,1-2,4H3. The summed E-state index contributed by atoms with van der Waals surface area (Å²) >= 11 is 0. The Morgan fingerprint density at radius 1 is 1.08 bits per heavy atom. The second-order valence-electron chi connectivity index (χ2n) is 3.52. The van der Waals surface area contributed by atoms with Crippen LogP contribution in [0.25, 0.3) is 0 Å². The van der Waals surface area contributed by atoms with Gasteiger partial charge in [0.25, 0.3) is 0 Å². The molecule has 0 heteroatoms. The summed E-state index contributed by atoms with van der Waals surface area (Å²) in [5, 5.41) is 0. The Morgan fingerprint density at radius 2 is 1.58 bits per heavy atom. The lowest BCUT2D eigenvalue weighted by molar-refractivity contribution is 0.341. The van der Waals surface area contributed by atoms with Gasteiger partial charge in [-0.1, -0.05) is 33.6 Å². The van der Waals surface area contributed by atoms with Crippen molar-refractivity contribution < 1.29 is 0 Å².